The summed E-state index contributed by atoms with van der Waals surface area (Å²) in [4.78, 5) is 34.3. The maximum atomic E-state index is 12.3. The van der Waals surface area contributed by atoms with Crippen molar-refractivity contribution in [3.63, 3.8) is 0 Å². The number of anilines is 1. The minimum atomic E-state index is -0.291. The summed E-state index contributed by atoms with van der Waals surface area (Å²) in [5.74, 6) is -0.128. The molecule has 3 rings (SSSR count). The number of ketones is 1. The van der Waals surface area contributed by atoms with Crippen molar-refractivity contribution in [1.29, 1.82) is 0 Å². The fourth-order valence-electron chi connectivity index (χ4n) is 2.98. The number of rotatable bonds is 6. The molecular formula is C22H26N4O3. The molecular weight excluding hydrogens is 368 g/mol. The second kappa shape index (κ2) is 9.73. The standard InChI is InChI=1S/C22H26N4O3/c1-24(2)11-10-21(27)20-9-8-19(16-23-20)25-12-14-26(15-13-25)22(28)29-17-18-6-4-3-5-7-18/h3-11,16H,12-15,17H2,1-2H3. The Labute approximate surface area is 171 Å². The van der Waals surface area contributed by atoms with Crippen LogP contribution in [0.5, 0.6) is 0 Å². The van der Waals surface area contributed by atoms with Crippen LogP contribution in [0.25, 0.3) is 0 Å². The summed E-state index contributed by atoms with van der Waals surface area (Å²) in [5, 5.41) is 0. The summed E-state index contributed by atoms with van der Waals surface area (Å²) in [6, 6.07) is 13.3. The first-order valence-electron chi connectivity index (χ1n) is 9.58. The van der Waals surface area contributed by atoms with Crippen LogP contribution in [0.2, 0.25) is 0 Å². The minimum Gasteiger partial charge on any atom is -0.445 e. The van der Waals surface area contributed by atoms with E-state index in [-0.39, 0.29) is 18.5 Å². The van der Waals surface area contributed by atoms with Gasteiger partial charge in [-0.05, 0) is 17.7 Å². The maximum Gasteiger partial charge on any atom is 0.410 e. The van der Waals surface area contributed by atoms with E-state index in [9.17, 15) is 9.59 Å². The number of benzene rings is 1. The van der Waals surface area contributed by atoms with Crippen molar-refractivity contribution in [1.82, 2.24) is 14.8 Å². The molecule has 1 aliphatic rings. The monoisotopic (exact) mass is 394 g/mol. The molecule has 1 aliphatic heterocycles. The van der Waals surface area contributed by atoms with Gasteiger partial charge in [0.25, 0.3) is 0 Å². The van der Waals surface area contributed by atoms with E-state index in [0.717, 1.165) is 11.3 Å². The van der Waals surface area contributed by atoms with Crippen molar-refractivity contribution in [3.05, 3.63) is 72.2 Å². The first-order valence-corrected chi connectivity index (χ1v) is 9.58. The molecule has 1 saturated heterocycles. The van der Waals surface area contributed by atoms with E-state index in [4.69, 9.17) is 4.74 Å². The van der Waals surface area contributed by atoms with Gasteiger partial charge < -0.3 is 19.4 Å². The third-order valence-corrected chi connectivity index (χ3v) is 4.63. The predicted octanol–water partition coefficient (Wildman–Crippen LogP) is 2.80. The predicted molar refractivity (Wildman–Crippen MR) is 112 cm³/mol. The van der Waals surface area contributed by atoms with Crippen molar-refractivity contribution in [3.8, 4) is 0 Å². The lowest BCUT2D eigenvalue weighted by Crippen LogP contribution is -2.49. The van der Waals surface area contributed by atoms with Gasteiger partial charge in [-0.3, -0.25) is 9.78 Å². The largest absolute Gasteiger partial charge is 0.445 e. The summed E-state index contributed by atoms with van der Waals surface area (Å²) < 4.78 is 5.40. The highest BCUT2D eigenvalue weighted by atomic mass is 16.6. The fourth-order valence-corrected chi connectivity index (χ4v) is 2.98. The summed E-state index contributed by atoms with van der Waals surface area (Å²) in [5.41, 5.74) is 2.33. The van der Waals surface area contributed by atoms with E-state index in [0.29, 0.717) is 31.9 Å². The van der Waals surface area contributed by atoms with Crippen molar-refractivity contribution in [2.75, 3.05) is 45.2 Å². The SMILES string of the molecule is CN(C)C=CC(=O)c1ccc(N2CCN(C(=O)OCc3ccccc3)CC2)cn1. The molecule has 152 valence electrons. The second-order valence-corrected chi connectivity index (χ2v) is 7.06. The number of hydrogen-bond donors (Lipinski definition) is 0. The number of nitrogens with zero attached hydrogens (tertiary/aromatic N) is 4. The summed E-state index contributed by atoms with van der Waals surface area (Å²) in [6.07, 6.45) is 4.62. The van der Waals surface area contributed by atoms with Crippen LogP contribution in [-0.4, -0.2) is 66.9 Å². The third kappa shape index (κ3) is 5.81. The van der Waals surface area contributed by atoms with Crippen LogP contribution in [0.4, 0.5) is 10.5 Å². The fraction of sp³-hybridized carbons (Fsp3) is 0.318. The van der Waals surface area contributed by atoms with Gasteiger partial charge in [0.15, 0.2) is 0 Å². The lowest BCUT2D eigenvalue weighted by Gasteiger charge is -2.35. The molecule has 7 nitrogen and oxygen atoms in total. The minimum absolute atomic E-state index is 0.128. The lowest BCUT2D eigenvalue weighted by atomic mass is 10.2. The van der Waals surface area contributed by atoms with E-state index in [1.54, 1.807) is 28.3 Å². The molecule has 2 aromatic rings. The van der Waals surface area contributed by atoms with Gasteiger partial charge in [0.2, 0.25) is 5.78 Å². The zero-order valence-corrected chi connectivity index (χ0v) is 16.8. The molecule has 0 saturated carbocycles. The first-order chi connectivity index (χ1) is 14.0. The Morgan fingerprint density at radius 2 is 1.79 bits per heavy atom. The molecule has 0 spiro atoms. The lowest BCUT2D eigenvalue weighted by molar-refractivity contribution is 0.0941. The average molecular weight is 394 g/mol. The van der Waals surface area contributed by atoms with Crippen molar-refractivity contribution < 1.29 is 14.3 Å². The zero-order valence-electron chi connectivity index (χ0n) is 16.8. The molecule has 29 heavy (non-hydrogen) atoms. The highest BCUT2D eigenvalue weighted by Crippen LogP contribution is 2.17. The van der Waals surface area contributed by atoms with Crippen LogP contribution in [0.3, 0.4) is 0 Å². The normalized spacial score (nSPS) is 14.1. The van der Waals surface area contributed by atoms with Gasteiger partial charge in [-0.2, -0.15) is 0 Å². The average Bonchev–Trinajstić information content (AvgIpc) is 2.76. The second-order valence-electron chi connectivity index (χ2n) is 7.06. The topological polar surface area (TPSA) is 66.0 Å². The molecule has 0 unspecified atom stereocenters. The van der Waals surface area contributed by atoms with Gasteiger partial charge in [-0.1, -0.05) is 30.3 Å². The Kier molecular flexibility index (Phi) is 6.84. The van der Waals surface area contributed by atoms with E-state index in [1.165, 1.54) is 6.08 Å². The van der Waals surface area contributed by atoms with E-state index >= 15 is 0 Å². The van der Waals surface area contributed by atoms with Crippen LogP contribution < -0.4 is 4.90 Å². The number of amides is 1. The highest BCUT2D eigenvalue weighted by Gasteiger charge is 2.22. The van der Waals surface area contributed by atoms with E-state index in [2.05, 4.69) is 9.88 Å². The van der Waals surface area contributed by atoms with E-state index in [1.807, 2.05) is 50.5 Å². The van der Waals surface area contributed by atoms with Crippen molar-refractivity contribution >= 4 is 17.6 Å². The third-order valence-electron chi connectivity index (χ3n) is 4.63. The Morgan fingerprint density at radius 3 is 2.41 bits per heavy atom. The number of allylic oxidation sites excluding steroid dienone is 1. The Bertz CT molecular complexity index is 842. The summed E-state index contributed by atoms with van der Waals surface area (Å²) in [7, 11) is 3.72. The van der Waals surface area contributed by atoms with Gasteiger partial charge in [0, 0.05) is 52.6 Å². The zero-order chi connectivity index (χ0) is 20.6. The molecule has 1 aromatic carbocycles. The number of ether oxygens (including phenoxy) is 1. The number of hydrogen-bond acceptors (Lipinski definition) is 6. The molecule has 7 heteroatoms. The summed E-state index contributed by atoms with van der Waals surface area (Å²) >= 11 is 0. The number of piperazine rings is 1. The van der Waals surface area contributed by atoms with Gasteiger partial charge in [-0.15, -0.1) is 0 Å². The van der Waals surface area contributed by atoms with Crippen molar-refractivity contribution in [2.24, 2.45) is 0 Å². The molecule has 2 heterocycles. The smallest absolute Gasteiger partial charge is 0.410 e. The molecule has 0 aliphatic carbocycles. The van der Waals surface area contributed by atoms with Gasteiger partial charge in [0.05, 0.1) is 11.9 Å². The number of carbonyl (C=O) groups is 2. The molecule has 0 N–H and O–H groups in total. The van der Waals surface area contributed by atoms with Gasteiger partial charge in [0.1, 0.15) is 12.3 Å². The molecule has 0 radical (unpaired) electrons. The van der Waals surface area contributed by atoms with E-state index < -0.39 is 0 Å². The first kappa shape index (κ1) is 20.4. The molecule has 1 aromatic heterocycles. The molecule has 0 atom stereocenters. The number of carbonyl (C=O) groups excluding carboxylic acids is 2. The van der Waals surface area contributed by atoms with Gasteiger partial charge in [-0.25, -0.2) is 4.79 Å². The molecule has 1 fully saturated rings. The van der Waals surface area contributed by atoms with Crippen LogP contribution in [0, 0.1) is 0 Å². The Balaban J connectivity index is 1.48. The quantitative estimate of drug-likeness (QED) is 0.555. The molecule has 1 amide bonds. The summed E-state index contributed by atoms with van der Waals surface area (Å²) in [6.45, 7) is 2.83. The number of aromatic nitrogens is 1. The molecule has 0 bridgehead atoms. The van der Waals surface area contributed by atoms with Crippen LogP contribution >= 0.6 is 0 Å². The van der Waals surface area contributed by atoms with Crippen molar-refractivity contribution in [2.45, 2.75) is 6.61 Å². The highest BCUT2D eigenvalue weighted by molar-refractivity contribution is 6.03. The Hall–Kier alpha value is -3.35. The van der Waals surface area contributed by atoms with Crippen LogP contribution in [0.1, 0.15) is 16.1 Å². The Morgan fingerprint density at radius 1 is 1.07 bits per heavy atom. The van der Waals surface area contributed by atoms with Crippen LogP contribution in [-0.2, 0) is 11.3 Å². The number of pyridine rings is 1. The maximum absolute atomic E-state index is 12.3. The van der Waals surface area contributed by atoms with Crippen LogP contribution in [0.15, 0.2) is 60.9 Å². The van der Waals surface area contributed by atoms with Gasteiger partial charge >= 0.3 is 6.09 Å².